The van der Waals surface area contributed by atoms with Crippen LogP contribution >= 0.6 is 0 Å². The van der Waals surface area contributed by atoms with E-state index in [4.69, 9.17) is 4.79 Å². The molecule has 0 N–H and O–H groups in total. The predicted octanol–water partition coefficient (Wildman–Crippen LogP) is 2.31. The SMILES string of the molecule is CC=O.Fc1ccc(F)c(F)c1. The zero-order valence-electron chi connectivity index (χ0n) is 6.35. The van der Waals surface area contributed by atoms with Crippen molar-refractivity contribution in [1.29, 1.82) is 0 Å². The number of rotatable bonds is 0. The van der Waals surface area contributed by atoms with E-state index in [1.165, 1.54) is 6.92 Å². The molecule has 1 aromatic carbocycles. The number of carbonyl (C=O) groups excluding carboxylic acids is 1. The fourth-order valence-corrected chi connectivity index (χ4v) is 0.470. The van der Waals surface area contributed by atoms with E-state index < -0.39 is 17.5 Å². The van der Waals surface area contributed by atoms with Crippen LogP contribution in [0.3, 0.4) is 0 Å². The van der Waals surface area contributed by atoms with Crippen molar-refractivity contribution in [1.82, 2.24) is 0 Å². The molecule has 0 aliphatic rings. The highest BCUT2D eigenvalue weighted by molar-refractivity contribution is 5.44. The molecule has 0 spiro atoms. The molecule has 1 aromatic rings. The molecular formula is C8H7F3O. The zero-order chi connectivity index (χ0) is 9.56. The lowest BCUT2D eigenvalue weighted by molar-refractivity contribution is -0.106. The molecule has 4 heteroatoms. The van der Waals surface area contributed by atoms with Gasteiger partial charge in [-0.05, 0) is 19.1 Å². The Hall–Kier alpha value is -1.32. The third kappa shape index (κ3) is 3.75. The maximum Gasteiger partial charge on any atom is 0.161 e. The third-order valence-electron chi connectivity index (χ3n) is 0.882. The van der Waals surface area contributed by atoms with Crippen LogP contribution in [0.1, 0.15) is 6.92 Å². The van der Waals surface area contributed by atoms with Crippen LogP contribution in [-0.4, -0.2) is 6.29 Å². The van der Waals surface area contributed by atoms with Gasteiger partial charge in [0.2, 0.25) is 0 Å². The van der Waals surface area contributed by atoms with Crippen LogP contribution in [0.15, 0.2) is 18.2 Å². The van der Waals surface area contributed by atoms with Crippen molar-refractivity contribution in [3.63, 3.8) is 0 Å². The second-order valence-electron chi connectivity index (χ2n) is 1.79. The molecule has 1 nitrogen and oxygen atoms in total. The number of carbonyl (C=O) groups is 1. The summed E-state index contributed by atoms with van der Waals surface area (Å²) in [6.07, 6.45) is 0.750. The van der Waals surface area contributed by atoms with Crippen molar-refractivity contribution in [2.45, 2.75) is 6.92 Å². The highest BCUT2D eigenvalue weighted by Gasteiger charge is 1.99. The van der Waals surface area contributed by atoms with Crippen molar-refractivity contribution < 1.29 is 18.0 Å². The van der Waals surface area contributed by atoms with E-state index in [1.54, 1.807) is 0 Å². The van der Waals surface area contributed by atoms with Crippen LogP contribution in [0.2, 0.25) is 0 Å². The Kier molecular flexibility index (Phi) is 4.76. The molecule has 1 rings (SSSR count). The molecule has 0 bridgehead atoms. The summed E-state index contributed by atoms with van der Waals surface area (Å²) in [5, 5.41) is 0. The van der Waals surface area contributed by atoms with Crippen molar-refractivity contribution in [3.05, 3.63) is 35.7 Å². The topological polar surface area (TPSA) is 17.1 Å². The fourth-order valence-electron chi connectivity index (χ4n) is 0.470. The molecule has 0 heterocycles. The van der Waals surface area contributed by atoms with Gasteiger partial charge in [-0.3, -0.25) is 0 Å². The van der Waals surface area contributed by atoms with Crippen LogP contribution in [0.5, 0.6) is 0 Å². The first-order valence-electron chi connectivity index (χ1n) is 3.12. The molecule has 0 unspecified atom stereocenters. The van der Waals surface area contributed by atoms with Crippen LogP contribution in [0.25, 0.3) is 0 Å². The first kappa shape index (κ1) is 10.7. The third-order valence-corrected chi connectivity index (χ3v) is 0.882. The quantitative estimate of drug-likeness (QED) is 0.438. The van der Waals surface area contributed by atoms with E-state index in [-0.39, 0.29) is 0 Å². The summed E-state index contributed by atoms with van der Waals surface area (Å²) in [6, 6.07) is 2.10. The Labute approximate surface area is 67.8 Å². The van der Waals surface area contributed by atoms with Crippen LogP contribution in [-0.2, 0) is 4.79 Å². The average molecular weight is 176 g/mol. The summed E-state index contributed by atoms with van der Waals surface area (Å²) >= 11 is 0. The molecule has 0 aromatic heterocycles. The van der Waals surface area contributed by atoms with E-state index in [1.807, 2.05) is 0 Å². The van der Waals surface area contributed by atoms with Gasteiger partial charge in [-0.15, -0.1) is 0 Å². The molecule has 0 atom stereocenters. The van der Waals surface area contributed by atoms with Gasteiger partial charge in [0.1, 0.15) is 12.1 Å². The number of halogens is 3. The summed E-state index contributed by atoms with van der Waals surface area (Å²) in [4.78, 5) is 8.81. The van der Waals surface area contributed by atoms with Crippen molar-refractivity contribution in [3.8, 4) is 0 Å². The summed E-state index contributed by atoms with van der Waals surface area (Å²) in [7, 11) is 0. The minimum absolute atomic E-state index is 0.495. The van der Waals surface area contributed by atoms with Gasteiger partial charge in [0.25, 0.3) is 0 Å². The van der Waals surface area contributed by atoms with Crippen molar-refractivity contribution in [2.24, 2.45) is 0 Å². The predicted molar refractivity (Wildman–Crippen MR) is 38.1 cm³/mol. The largest absolute Gasteiger partial charge is 0.304 e. The molecule has 0 saturated heterocycles. The van der Waals surface area contributed by atoms with Gasteiger partial charge in [-0.1, -0.05) is 0 Å². The fraction of sp³-hybridized carbons (Fsp3) is 0.125. The second-order valence-corrected chi connectivity index (χ2v) is 1.79. The summed E-state index contributed by atoms with van der Waals surface area (Å²) < 4.78 is 35.9. The summed E-state index contributed by atoms with van der Waals surface area (Å²) in [5.41, 5.74) is 0. The Balaban J connectivity index is 0.000000354. The molecule has 12 heavy (non-hydrogen) atoms. The maximum absolute atomic E-state index is 12.0. The van der Waals surface area contributed by atoms with Crippen molar-refractivity contribution >= 4 is 6.29 Å². The number of benzene rings is 1. The van der Waals surface area contributed by atoms with E-state index >= 15 is 0 Å². The first-order chi connectivity index (χ1) is 5.61. The average Bonchev–Trinajstić information content (AvgIpc) is 1.99. The molecular weight excluding hydrogens is 169 g/mol. The smallest absolute Gasteiger partial charge is 0.161 e. The van der Waals surface area contributed by atoms with Gasteiger partial charge in [-0.2, -0.15) is 0 Å². The van der Waals surface area contributed by atoms with E-state index in [0.717, 1.165) is 18.4 Å². The maximum atomic E-state index is 12.0. The van der Waals surface area contributed by atoms with Gasteiger partial charge < -0.3 is 4.79 Å². The molecule has 0 amide bonds. The molecule has 66 valence electrons. The van der Waals surface area contributed by atoms with E-state index in [2.05, 4.69) is 0 Å². The van der Waals surface area contributed by atoms with Crippen LogP contribution < -0.4 is 0 Å². The standard InChI is InChI=1S/C6H3F3.C2H4O/c7-4-1-2-5(8)6(9)3-4;1-2-3/h1-3H;2H,1H3. The highest BCUT2D eigenvalue weighted by atomic mass is 19.2. The zero-order valence-corrected chi connectivity index (χ0v) is 6.35. The Bertz CT molecular complexity index is 260. The summed E-state index contributed by atoms with van der Waals surface area (Å²) in [6.45, 7) is 1.44. The molecule has 0 aliphatic heterocycles. The Morgan fingerprint density at radius 2 is 1.67 bits per heavy atom. The Morgan fingerprint density at radius 3 is 2.00 bits per heavy atom. The highest BCUT2D eigenvalue weighted by Crippen LogP contribution is 2.05. The lowest BCUT2D eigenvalue weighted by atomic mass is 10.3. The van der Waals surface area contributed by atoms with Gasteiger partial charge in [0.15, 0.2) is 11.6 Å². The minimum Gasteiger partial charge on any atom is -0.304 e. The van der Waals surface area contributed by atoms with E-state index in [9.17, 15) is 13.2 Å². The normalized spacial score (nSPS) is 8.33. The lowest BCUT2D eigenvalue weighted by Crippen LogP contribution is -1.83. The number of hydrogen-bond acceptors (Lipinski definition) is 1. The van der Waals surface area contributed by atoms with E-state index in [0.29, 0.717) is 6.07 Å². The minimum atomic E-state index is -1.16. The number of aldehydes is 1. The van der Waals surface area contributed by atoms with Crippen molar-refractivity contribution in [2.75, 3.05) is 0 Å². The Morgan fingerprint density at radius 1 is 1.17 bits per heavy atom. The summed E-state index contributed by atoms with van der Waals surface area (Å²) in [5.74, 6) is -2.96. The van der Waals surface area contributed by atoms with Crippen LogP contribution in [0, 0.1) is 17.5 Å². The molecule has 0 fully saturated rings. The monoisotopic (exact) mass is 176 g/mol. The van der Waals surface area contributed by atoms with Gasteiger partial charge >= 0.3 is 0 Å². The second kappa shape index (κ2) is 5.35. The van der Waals surface area contributed by atoms with Gasteiger partial charge in [-0.25, -0.2) is 13.2 Å². The van der Waals surface area contributed by atoms with Gasteiger partial charge in [0.05, 0.1) is 0 Å². The molecule has 0 saturated carbocycles. The van der Waals surface area contributed by atoms with Crippen LogP contribution in [0.4, 0.5) is 13.2 Å². The first-order valence-corrected chi connectivity index (χ1v) is 3.12. The molecule has 0 aliphatic carbocycles. The van der Waals surface area contributed by atoms with Gasteiger partial charge in [0, 0.05) is 6.07 Å². The lowest BCUT2D eigenvalue weighted by Gasteiger charge is -1.88. The number of hydrogen-bond donors (Lipinski definition) is 0. The molecule has 0 radical (unpaired) electrons.